The van der Waals surface area contributed by atoms with Crippen LogP contribution in [0.25, 0.3) is 0 Å². The van der Waals surface area contributed by atoms with Crippen molar-refractivity contribution in [3.8, 4) is 5.75 Å². The number of benzene rings is 2. The van der Waals surface area contributed by atoms with Gasteiger partial charge >= 0.3 is 0 Å². The molecule has 0 aromatic heterocycles. The Bertz CT molecular complexity index is 613. The summed E-state index contributed by atoms with van der Waals surface area (Å²) in [5.41, 5.74) is 8.84. The van der Waals surface area contributed by atoms with E-state index in [2.05, 4.69) is 0 Å². The summed E-state index contributed by atoms with van der Waals surface area (Å²) >= 11 is 5.99. The van der Waals surface area contributed by atoms with E-state index in [0.29, 0.717) is 16.3 Å². The molecule has 0 spiro atoms. The molecule has 0 aliphatic heterocycles. The summed E-state index contributed by atoms with van der Waals surface area (Å²) in [5.74, 6) is 0.768. The predicted molar refractivity (Wildman–Crippen MR) is 82.3 cm³/mol. The second kappa shape index (κ2) is 6.16. The van der Waals surface area contributed by atoms with E-state index < -0.39 is 6.10 Å². The Kier molecular flexibility index (Phi) is 4.53. The van der Waals surface area contributed by atoms with Gasteiger partial charge in [-0.2, -0.15) is 0 Å². The van der Waals surface area contributed by atoms with Gasteiger partial charge in [0, 0.05) is 16.3 Å². The number of ether oxygens (including phenoxy) is 1. The monoisotopic (exact) mass is 291 g/mol. The van der Waals surface area contributed by atoms with E-state index in [0.717, 1.165) is 23.3 Å². The van der Waals surface area contributed by atoms with E-state index >= 15 is 0 Å². The summed E-state index contributed by atoms with van der Waals surface area (Å²) in [4.78, 5) is 0. The average Bonchev–Trinajstić information content (AvgIpc) is 2.48. The smallest absolute Gasteiger partial charge is 0.122 e. The van der Waals surface area contributed by atoms with Crippen LogP contribution in [0.3, 0.4) is 0 Å². The summed E-state index contributed by atoms with van der Waals surface area (Å²) in [7, 11) is 1.62. The lowest BCUT2D eigenvalue weighted by Gasteiger charge is -2.19. The second-order valence-corrected chi connectivity index (χ2v) is 4.99. The van der Waals surface area contributed by atoms with E-state index in [-0.39, 0.29) is 0 Å². The maximum absolute atomic E-state index is 10.6. The van der Waals surface area contributed by atoms with Gasteiger partial charge < -0.3 is 15.6 Å². The Morgan fingerprint density at radius 2 is 2.00 bits per heavy atom. The first-order valence-electron chi connectivity index (χ1n) is 6.47. The lowest BCUT2D eigenvalue weighted by Crippen LogP contribution is -2.07. The van der Waals surface area contributed by atoms with Gasteiger partial charge in [0.1, 0.15) is 11.9 Å². The van der Waals surface area contributed by atoms with Gasteiger partial charge in [-0.1, -0.05) is 30.7 Å². The summed E-state index contributed by atoms with van der Waals surface area (Å²) in [5, 5.41) is 11.2. The lowest BCUT2D eigenvalue weighted by molar-refractivity contribution is 0.219. The Morgan fingerprint density at radius 3 is 2.65 bits per heavy atom. The lowest BCUT2D eigenvalue weighted by atomic mass is 9.94. The maximum atomic E-state index is 10.6. The number of hydrogen-bond acceptors (Lipinski definition) is 3. The SMILES string of the molecule is CCc1c(OC)cccc1[C@H](O)c1cc(Cl)ccc1N. The van der Waals surface area contributed by atoms with Crippen molar-refractivity contribution in [2.24, 2.45) is 0 Å². The van der Waals surface area contributed by atoms with E-state index in [9.17, 15) is 5.11 Å². The van der Waals surface area contributed by atoms with Crippen LogP contribution in [0.15, 0.2) is 36.4 Å². The van der Waals surface area contributed by atoms with Crippen LogP contribution >= 0.6 is 11.6 Å². The molecule has 0 unspecified atom stereocenters. The highest BCUT2D eigenvalue weighted by molar-refractivity contribution is 6.30. The van der Waals surface area contributed by atoms with E-state index in [1.165, 1.54) is 0 Å². The summed E-state index contributed by atoms with van der Waals surface area (Å²) in [6, 6.07) is 10.7. The third kappa shape index (κ3) is 2.74. The molecule has 1 atom stereocenters. The first-order valence-corrected chi connectivity index (χ1v) is 6.85. The molecule has 0 fully saturated rings. The number of methoxy groups -OCH3 is 1. The van der Waals surface area contributed by atoms with Gasteiger partial charge in [-0.25, -0.2) is 0 Å². The number of halogens is 1. The molecule has 0 aliphatic carbocycles. The molecule has 20 heavy (non-hydrogen) atoms. The molecule has 0 heterocycles. The molecule has 3 nitrogen and oxygen atoms in total. The summed E-state index contributed by atoms with van der Waals surface area (Å²) in [6.45, 7) is 2.02. The molecule has 0 radical (unpaired) electrons. The number of aliphatic hydroxyl groups excluding tert-OH is 1. The normalized spacial score (nSPS) is 12.2. The third-order valence-electron chi connectivity index (χ3n) is 3.38. The van der Waals surface area contributed by atoms with Crippen LogP contribution in [-0.4, -0.2) is 12.2 Å². The van der Waals surface area contributed by atoms with Gasteiger partial charge in [0.25, 0.3) is 0 Å². The number of rotatable bonds is 4. The van der Waals surface area contributed by atoms with E-state index in [1.54, 1.807) is 25.3 Å². The fourth-order valence-electron chi connectivity index (χ4n) is 2.36. The van der Waals surface area contributed by atoms with Gasteiger partial charge in [-0.15, -0.1) is 0 Å². The minimum Gasteiger partial charge on any atom is -0.496 e. The molecule has 0 aliphatic rings. The molecule has 3 N–H and O–H groups in total. The van der Waals surface area contributed by atoms with Crippen molar-refractivity contribution < 1.29 is 9.84 Å². The number of nitrogens with two attached hydrogens (primary N) is 1. The number of hydrogen-bond donors (Lipinski definition) is 2. The summed E-state index contributed by atoms with van der Waals surface area (Å²) in [6.07, 6.45) is -0.0598. The molecule has 2 aromatic rings. The molecule has 0 saturated heterocycles. The Labute approximate surface area is 123 Å². The molecular weight excluding hydrogens is 274 g/mol. The second-order valence-electron chi connectivity index (χ2n) is 4.56. The molecule has 2 aromatic carbocycles. The fraction of sp³-hybridized carbons (Fsp3) is 0.250. The van der Waals surface area contributed by atoms with Crippen LogP contribution in [-0.2, 0) is 6.42 Å². The summed E-state index contributed by atoms with van der Waals surface area (Å²) < 4.78 is 5.35. The van der Waals surface area contributed by atoms with Gasteiger partial charge in [-0.05, 0) is 41.8 Å². The zero-order chi connectivity index (χ0) is 14.7. The first-order chi connectivity index (χ1) is 9.58. The third-order valence-corrected chi connectivity index (χ3v) is 3.62. The Morgan fingerprint density at radius 1 is 1.25 bits per heavy atom. The largest absolute Gasteiger partial charge is 0.496 e. The quantitative estimate of drug-likeness (QED) is 0.847. The van der Waals surface area contributed by atoms with Crippen molar-refractivity contribution in [3.05, 3.63) is 58.1 Å². The van der Waals surface area contributed by atoms with Crippen molar-refractivity contribution in [2.45, 2.75) is 19.4 Å². The van der Waals surface area contributed by atoms with Gasteiger partial charge in [0.2, 0.25) is 0 Å². The first kappa shape index (κ1) is 14.7. The van der Waals surface area contributed by atoms with Gasteiger partial charge in [-0.3, -0.25) is 0 Å². The van der Waals surface area contributed by atoms with Crippen molar-refractivity contribution in [3.63, 3.8) is 0 Å². The van der Waals surface area contributed by atoms with Crippen molar-refractivity contribution in [2.75, 3.05) is 12.8 Å². The highest BCUT2D eigenvalue weighted by Gasteiger charge is 2.19. The van der Waals surface area contributed by atoms with Gasteiger partial charge in [0.05, 0.1) is 7.11 Å². The highest BCUT2D eigenvalue weighted by Crippen LogP contribution is 2.34. The van der Waals surface area contributed by atoms with Gasteiger partial charge in [0.15, 0.2) is 0 Å². The molecule has 0 saturated carbocycles. The number of aliphatic hydroxyl groups is 1. The van der Waals surface area contributed by atoms with Crippen LogP contribution in [0.2, 0.25) is 5.02 Å². The predicted octanol–water partition coefficient (Wildman–Crippen LogP) is 3.57. The molecular formula is C16H18ClNO2. The highest BCUT2D eigenvalue weighted by atomic mass is 35.5. The Balaban J connectivity index is 2.53. The molecule has 2 rings (SSSR count). The molecule has 0 bridgehead atoms. The molecule has 4 heteroatoms. The zero-order valence-electron chi connectivity index (χ0n) is 11.6. The van der Waals surface area contributed by atoms with Crippen molar-refractivity contribution in [1.29, 1.82) is 0 Å². The maximum Gasteiger partial charge on any atom is 0.122 e. The van der Waals surface area contributed by atoms with Crippen LogP contribution in [0, 0.1) is 0 Å². The average molecular weight is 292 g/mol. The van der Waals surface area contributed by atoms with Crippen molar-refractivity contribution in [1.82, 2.24) is 0 Å². The van der Waals surface area contributed by atoms with Crippen LogP contribution in [0.4, 0.5) is 5.69 Å². The number of nitrogen functional groups attached to an aromatic ring is 1. The minimum absolute atomic E-state index is 0.520. The van der Waals surface area contributed by atoms with Crippen molar-refractivity contribution >= 4 is 17.3 Å². The van der Waals surface area contributed by atoms with Crippen LogP contribution < -0.4 is 10.5 Å². The zero-order valence-corrected chi connectivity index (χ0v) is 12.3. The standard InChI is InChI=1S/C16H18ClNO2/c1-3-11-12(5-4-6-15(11)20-2)16(19)13-9-10(17)7-8-14(13)18/h4-9,16,19H,3,18H2,1-2H3/t16-/m0/s1. The van der Waals surface area contributed by atoms with E-state index in [4.69, 9.17) is 22.1 Å². The Hall–Kier alpha value is -1.71. The fourth-order valence-corrected chi connectivity index (χ4v) is 2.54. The van der Waals surface area contributed by atoms with Crippen LogP contribution in [0.1, 0.15) is 29.7 Å². The number of anilines is 1. The van der Waals surface area contributed by atoms with Crippen LogP contribution in [0.5, 0.6) is 5.75 Å². The topological polar surface area (TPSA) is 55.5 Å². The minimum atomic E-state index is -0.821. The van der Waals surface area contributed by atoms with E-state index in [1.807, 2.05) is 25.1 Å². The molecule has 0 amide bonds. The molecule has 106 valence electrons.